The molecule has 6 heteroatoms. The Morgan fingerprint density at radius 1 is 1.25 bits per heavy atom. The quantitative estimate of drug-likeness (QED) is 0.749. The number of hydrogen-bond acceptors (Lipinski definition) is 4. The molecular formula is C14H20N2O3S. The van der Waals surface area contributed by atoms with Crippen molar-refractivity contribution in [2.75, 3.05) is 18.1 Å². The monoisotopic (exact) mass is 296 g/mol. The van der Waals surface area contributed by atoms with Gasteiger partial charge in [0.2, 0.25) is 5.91 Å². The van der Waals surface area contributed by atoms with Crippen LogP contribution in [0.2, 0.25) is 0 Å². The molecule has 0 unspecified atom stereocenters. The molecule has 0 spiro atoms. The third-order valence-electron chi connectivity index (χ3n) is 3.13. The van der Waals surface area contributed by atoms with Gasteiger partial charge in [-0.3, -0.25) is 4.79 Å². The van der Waals surface area contributed by atoms with Crippen LogP contribution in [-0.2, 0) is 14.6 Å². The topological polar surface area (TPSA) is 75.3 Å². The van der Waals surface area contributed by atoms with E-state index in [4.69, 9.17) is 0 Å². The highest BCUT2D eigenvalue weighted by Crippen LogP contribution is 2.18. The van der Waals surface area contributed by atoms with Crippen LogP contribution in [-0.4, -0.2) is 33.2 Å². The molecule has 1 aliphatic carbocycles. The molecule has 0 radical (unpaired) electrons. The van der Waals surface area contributed by atoms with Gasteiger partial charge < -0.3 is 10.6 Å². The number of anilines is 1. The summed E-state index contributed by atoms with van der Waals surface area (Å²) in [6.07, 6.45) is 4.68. The fraction of sp³-hybridized carbons (Fsp3) is 0.500. The van der Waals surface area contributed by atoms with E-state index >= 15 is 0 Å². The number of rotatable bonds is 7. The van der Waals surface area contributed by atoms with Gasteiger partial charge in [-0.05, 0) is 43.5 Å². The summed E-state index contributed by atoms with van der Waals surface area (Å²) >= 11 is 0. The molecule has 0 aliphatic heterocycles. The minimum absolute atomic E-state index is 0.113. The first-order valence-corrected chi connectivity index (χ1v) is 8.67. The van der Waals surface area contributed by atoms with Crippen molar-refractivity contribution in [1.82, 2.24) is 5.32 Å². The van der Waals surface area contributed by atoms with Crippen LogP contribution in [0.1, 0.15) is 25.7 Å². The molecule has 2 rings (SSSR count). The van der Waals surface area contributed by atoms with Crippen LogP contribution in [0.5, 0.6) is 0 Å². The normalized spacial score (nSPS) is 14.8. The SMILES string of the molecule is CS(=O)(=O)c1ccc(NCCCC(=O)NC2CC2)cc1. The highest BCUT2D eigenvalue weighted by atomic mass is 32.2. The lowest BCUT2D eigenvalue weighted by Gasteiger charge is -2.07. The van der Waals surface area contributed by atoms with Crippen molar-refractivity contribution in [3.8, 4) is 0 Å². The number of hydrogen-bond donors (Lipinski definition) is 2. The molecule has 0 saturated heterocycles. The molecule has 1 amide bonds. The van der Waals surface area contributed by atoms with Gasteiger partial charge in [-0.2, -0.15) is 0 Å². The molecule has 5 nitrogen and oxygen atoms in total. The van der Waals surface area contributed by atoms with Crippen LogP contribution in [0.25, 0.3) is 0 Å². The van der Waals surface area contributed by atoms with Crippen molar-refractivity contribution in [2.45, 2.75) is 36.6 Å². The highest BCUT2D eigenvalue weighted by molar-refractivity contribution is 7.90. The van der Waals surface area contributed by atoms with Crippen molar-refractivity contribution < 1.29 is 13.2 Å². The van der Waals surface area contributed by atoms with Crippen molar-refractivity contribution >= 4 is 21.4 Å². The molecule has 0 bridgehead atoms. The third kappa shape index (κ3) is 4.85. The number of amides is 1. The molecule has 0 aromatic heterocycles. The average Bonchev–Trinajstić information content (AvgIpc) is 3.18. The van der Waals surface area contributed by atoms with Crippen molar-refractivity contribution in [3.05, 3.63) is 24.3 Å². The van der Waals surface area contributed by atoms with E-state index in [1.54, 1.807) is 24.3 Å². The summed E-state index contributed by atoms with van der Waals surface area (Å²) in [6, 6.07) is 7.05. The smallest absolute Gasteiger partial charge is 0.220 e. The number of sulfone groups is 1. The predicted octanol–water partition coefficient (Wildman–Crippen LogP) is 1.56. The van der Waals surface area contributed by atoms with E-state index in [0.29, 0.717) is 23.9 Å². The second-order valence-electron chi connectivity index (χ2n) is 5.17. The van der Waals surface area contributed by atoms with Crippen molar-refractivity contribution in [1.29, 1.82) is 0 Å². The molecule has 0 atom stereocenters. The maximum Gasteiger partial charge on any atom is 0.220 e. The van der Waals surface area contributed by atoms with Gasteiger partial charge in [-0.15, -0.1) is 0 Å². The van der Waals surface area contributed by atoms with E-state index in [0.717, 1.165) is 24.9 Å². The second kappa shape index (κ2) is 6.26. The maximum absolute atomic E-state index is 11.5. The molecule has 1 aromatic carbocycles. The van der Waals surface area contributed by atoms with Crippen LogP contribution in [0, 0.1) is 0 Å². The first-order valence-electron chi connectivity index (χ1n) is 6.78. The lowest BCUT2D eigenvalue weighted by Crippen LogP contribution is -2.25. The largest absolute Gasteiger partial charge is 0.385 e. The lowest BCUT2D eigenvalue weighted by atomic mass is 10.2. The first-order chi connectivity index (χ1) is 9.45. The Labute approximate surface area is 119 Å². The number of benzene rings is 1. The molecule has 0 heterocycles. The van der Waals surface area contributed by atoms with Gasteiger partial charge in [0.05, 0.1) is 4.90 Å². The van der Waals surface area contributed by atoms with Crippen LogP contribution >= 0.6 is 0 Å². The zero-order valence-electron chi connectivity index (χ0n) is 11.6. The van der Waals surface area contributed by atoms with Gasteiger partial charge in [0, 0.05) is 31.0 Å². The molecule has 1 aliphatic rings. The van der Waals surface area contributed by atoms with Gasteiger partial charge in [0.15, 0.2) is 9.84 Å². The molecule has 110 valence electrons. The Hall–Kier alpha value is -1.56. The van der Waals surface area contributed by atoms with Gasteiger partial charge in [0.25, 0.3) is 0 Å². The molecule has 1 fully saturated rings. The van der Waals surface area contributed by atoms with Gasteiger partial charge in [0.1, 0.15) is 0 Å². The minimum atomic E-state index is -3.14. The predicted molar refractivity (Wildman–Crippen MR) is 78.4 cm³/mol. The first kappa shape index (κ1) is 14.8. The second-order valence-corrected chi connectivity index (χ2v) is 7.18. The zero-order chi connectivity index (χ0) is 14.6. The summed E-state index contributed by atoms with van der Waals surface area (Å²) in [4.78, 5) is 11.8. The maximum atomic E-state index is 11.5. The summed E-state index contributed by atoms with van der Waals surface area (Å²) in [6.45, 7) is 0.691. The Morgan fingerprint density at radius 3 is 2.45 bits per heavy atom. The van der Waals surface area contributed by atoms with Crippen LogP contribution in [0.15, 0.2) is 29.2 Å². The molecule has 1 saturated carbocycles. The van der Waals surface area contributed by atoms with Crippen LogP contribution in [0.3, 0.4) is 0 Å². The minimum Gasteiger partial charge on any atom is -0.385 e. The van der Waals surface area contributed by atoms with E-state index in [-0.39, 0.29) is 5.91 Å². The van der Waals surface area contributed by atoms with Gasteiger partial charge >= 0.3 is 0 Å². The Morgan fingerprint density at radius 2 is 1.90 bits per heavy atom. The van der Waals surface area contributed by atoms with E-state index < -0.39 is 9.84 Å². The fourth-order valence-electron chi connectivity index (χ4n) is 1.83. The lowest BCUT2D eigenvalue weighted by molar-refractivity contribution is -0.121. The summed E-state index contributed by atoms with van der Waals surface area (Å²) in [5.74, 6) is 0.113. The summed E-state index contributed by atoms with van der Waals surface area (Å²) in [5.41, 5.74) is 0.861. The van der Waals surface area contributed by atoms with Crippen LogP contribution in [0.4, 0.5) is 5.69 Å². The number of carbonyl (C=O) groups is 1. The van der Waals surface area contributed by atoms with E-state index in [9.17, 15) is 13.2 Å². The number of nitrogens with one attached hydrogen (secondary N) is 2. The Bertz CT molecular complexity index is 563. The Balaban J connectivity index is 1.69. The van der Waals surface area contributed by atoms with Crippen molar-refractivity contribution in [2.24, 2.45) is 0 Å². The Kier molecular flexibility index (Phi) is 4.65. The summed E-state index contributed by atoms with van der Waals surface area (Å²) in [7, 11) is -3.14. The average molecular weight is 296 g/mol. The fourth-order valence-corrected chi connectivity index (χ4v) is 2.46. The van der Waals surface area contributed by atoms with E-state index in [2.05, 4.69) is 10.6 Å². The molecular weight excluding hydrogens is 276 g/mol. The zero-order valence-corrected chi connectivity index (χ0v) is 12.4. The molecule has 1 aromatic rings. The van der Waals surface area contributed by atoms with E-state index in [1.807, 2.05) is 0 Å². The summed E-state index contributed by atoms with van der Waals surface area (Å²) < 4.78 is 22.6. The molecule has 20 heavy (non-hydrogen) atoms. The summed E-state index contributed by atoms with van der Waals surface area (Å²) in [5, 5.41) is 6.12. The highest BCUT2D eigenvalue weighted by Gasteiger charge is 2.22. The standard InChI is InChI=1S/C14H20N2O3S/c1-20(18,19)13-8-6-11(7-9-13)15-10-2-3-14(17)16-12-4-5-12/h6-9,12,15H,2-5,10H2,1H3,(H,16,17). The van der Waals surface area contributed by atoms with Crippen LogP contribution < -0.4 is 10.6 Å². The van der Waals surface area contributed by atoms with Crippen molar-refractivity contribution in [3.63, 3.8) is 0 Å². The van der Waals surface area contributed by atoms with Gasteiger partial charge in [-0.1, -0.05) is 0 Å². The molecule has 2 N–H and O–H groups in total. The number of carbonyl (C=O) groups excluding carboxylic acids is 1. The third-order valence-corrected chi connectivity index (χ3v) is 4.26. The van der Waals surface area contributed by atoms with Gasteiger partial charge in [-0.25, -0.2) is 8.42 Å². The van der Waals surface area contributed by atoms with E-state index in [1.165, 1.54) is 6.26 Å².